The molecule has 16 nitrogen and oxygen atoms in total. The molecule has 2 saturated carbocycles. The molecule has 1 saturated heterocycles. The maximum Gasteiger partial charge on any atom is 0.410 e. The lowest BCUT2D eigenvalue weighted by Crippen LogP contribution is -2.58. The summed E-state index contributed by atoms with van der Waals surface area (Å²) in [4.78, 5) is 36.8. The standard InChI is InChI=1S/C33H40N10O6/c1-20-26(38-41-35)17-27(39-42-36)31(30(20)47-21(2)44)49-32-25(37-40-34)15-16-28(48-32)29(24-13-14-24)43(18-22-9-5-3-6-10-22)33(45)46-19-23-11-7-4-8-12-23/h3-12,20,24-32H,13-19H2,1-2H3. The minimum Gasteiger partial charge on any atom is -0.459 e. The summed E-state index contributed by atoms with van der Waals surface area (Å²) >= 11 is 0. The monoisotopic (exact) mass is 672 g/mol. The van der Waals surface area contributed by atoms with Crippen molar-refractivity contribution >= 4 is 12.1 Å². The van der Waals surface area contributed by atoms with Gasteiger partial charge in [-0.15, -0.1) is 0 Å². The van der Waals surface area contributed by atoms with Gasteiger partial charge in [0.05, 0.1) is 24.2 Å². The quantitative estimate of drug-likeness (QED) is 0.0906. The van der Waals surface area contributed by atoms with E-state index >= 15 is 0 Å². The van der Waals surface area contributed by atoms with Gasteiger partial charge in [0, 0.05) is 40.2 Å². The first kappa shape index (κ1) is 35.3. The second-order valence-electron chi connectivity index (χ2n) is 12.7. The molecule has 1 aliphatic heterocycles. The van der Waals surface area contributed by atoms with Gasteiger partial charge in [0.1, 0.15) is 18.8 Å². The lowest BCUT2D eigenvalue weighted by Gasteiger charge is -2.46. The number of benzene rings is 2. The van der Waals surface area contributed by atoms with Crippen molar-refractivity contribution in [1.29, 1.82) is 0 Å². The third kappa shape index (κ3) is 9.14. The molecule has 0 radical (unpaired) electrons. The molecule has 0 aromatic heterocycles. The fourth-order valence-electron chi connectivity index (χ4n) is 6.85. The number of amides is 1. The molecule has 5 rings (SSSR count). The lowest BCUT2D eigenvalue weighted by molar-refractivity contribution is -0.259. The second kappa shape index (κ2) is 16.9. The molecule has 258 valence electrons. The van der Waals surface area contributed by atoms with Gasteiger partial charge in [-0.05, 0) is 65.7 Å². The molecule has 3 fully saturated rings. The number of hydrogen-bond donors (Lipinski definition) is 0. The van der Waals surface area contributed by atoms with Gasteiger partial charge in [-0.3, -0.25) is 9.69 Å². The highest BCUT2D eigenvalue weighted by Crippen LogP contribution is 2.43. The summed E-state index contributed by atoms with van der Waals surface area (Å²) in [6.45, 7) is 3.40. The van der Waals surface area contributed by atoms with E-state index in [4.69, 9.17) is 24.5 Å². The average Bonchev–Trinajstić information content (AvgIpc) is 3.94. The van der Waals surface area contributed by atoms with Crippen LogP contribution in [-0.2, 0) is 36.9 Å². The van der Waals surface area contributed by atoms with Crippen LogP contribution in [-0.4, -0.2) is 65.7 Å². The molecule has 0 N–H and O–H groups in total. The van der Waals surface area contributed by atoms with Crippen LogP contribution in [0.2, 0.25) is 0 Å². The highest BCUT2D eigenvalue weighted by molar-refractivity contribution is 5.68. The minimum atomic E-state index is -1.13. The molecule has 2 aliphatic carbocycles. The SMILES string of the molecule is CC(=O)OC1C(C)C(N=[N+]=[N-])CC(N=[N+]=[N-])C1OC1OC(C(C2CC2)N(Cc2ccccc2)C(=O)OCc2ccccc2)CCC1N=[N+]=[N-]. The van der Waals surface area contributed by atoms with Crippen LogP contribution in [0, 0.1) is 11.8 Å². The molecule has 0 bridgehead atoms. The largest absolute Gasteiger partial charge is 0.459 e. The Kier molecular flexibility index (Phi) is 12.2. The molecule has 2 aromatic carbocycles. The Labute approximate surface area is 283 Å². The number of azide groups is 3. The number of esters is 1. The number of nitrogens with zero attached hydrogens (tertiary/aromatic N) is 10. The van der Waals surface area contributed by atoms with E-state index in [1.165, 1.54) is 6.92 Å². The average molecular weight is 673 g/mol. The number of carbonyl (C=O) groups excluding carboxylic acids is 2. The predicted molar refractivity (Wildman–Crippen MR) is 176 cm³/mol. The number of carbonyl (C=O) groups is 2. The zero-order valence-corrected chi connectivity index (χ0v) is 27.4. The van der Waals surface area contributed by atoms with Gasteiger partial charge in [-0.2, -0.15) is 0 Å². The molecular formula is C33H40N10O6. The highest BCUT2D eigenvalue weighted by Gasteiger charge is 2.50. The molecule has 0 spiro atoms. The fraction of sp³-hybridized carbons (Fsp3) is 0.576. The van der Waals surface area contributed by atoms with Crippen LogP contribution in [0.3, 0.4) is 0 Å². The van der Waals surface area contributed by atoms with Gasteiger partial charge >= 0.3 is 12.1 Å². The van der Waals surface area contributed by atoms with Gasteiger partial charge in [0.2, 0.25) is 0 Å². The van der Waals surface area contributed by atoms with Crippen LogP contribution in [0.1, 0.15) is 57.1 Å². The first-order chi connectivity index (χ1) is 23.8. The number of rotatable bonds is 13. The highest BCUT2D eigenvalue weighted by atomic mass is 16.7. The summed E-state index contributed by atoms with van der Waals surface area (Å²) in [5.41, 5.74) is 29.8. The second-order valence-corrected chi connectivity index (χ2v) is 12.7. The Morgan fingerprint density at radius 2 is 1.47 bits per heavy atom. The Morgan fingerprint density at radius 1 is 0.857 bits per heavy atom. The van der Waals surface area contributed by atoms with Crippen molar-refractivity contribution in [3.05, 3.63) is 103 Å². The third-order valence-corrected chi connectivity index (χ3v) is 9.36. The number of ether oxygens (including phenoxy) is 4. The first-order valence-electron chi connectivity index (χ1n) is 16.4. The van der Waals surface area contributed by atoms with Crippen LogP contribution in [0.4, 0.5) is 4.79 Å². The summed E-state index contributed by atoms with van der Waals surface area (Å²) < 4.78 is 24.7. The van der Waals surface area contributed by atoms with E-state index < -0.39 is 66.7 Å². The van der Waals surface area contributed by atoms with Gasteiger partial charge in [-0.25, -0.2) is 4.79 Å². The maximum absolute atomic E-state index is 13.9. The molecule has 1 heterocycles. The summed E-state index contributed by atoms with van der Waals surface area (Å²) in [7, 11) is 0. The van der Waals surface area contributed by atoms with E-state index in [2.05, 4.69) is 30.1 Å². The minimum absolute atomic E-state index is 0.105. The summed E-state index contributed by atoms with van der Waals surface area (Å²) in [6.07, 6.45) is -1.33. The van der Waals surface area contributed by atoms with Crippen molar-refractivity contribution in [3.63, 3.8) is 0 Å². The van der Waals surface area contributed by atoms with Crippen LogP contribution >= 0.6 is 0 Å². The fourth-order valence-corrected chi connectivity index (χ4v) is 6.85. The van der Waals surface area contributed by atoms with Gasteiger partial charge in [-0.1, -0.05) is 82.9 Å². The molecule has 16 heteroatoms. The molecule has 49 heavy (non-hydrogen) atoms. The summed E-state index contributed by atoms with van der Waals surface area (Å²) in [5.74, 6) is -0.953. The van der Waals surface area contributed by atoms with E-state index in [0.717, 1.165) is 24.0 Å². The van der Waals surface area contributed by atoms with Gasteiger partial charge in [0.25, 0.3) is 0 Å². The van der Waals surface area contributed by atoms with Crippen molar-refractivity contribution in [3.8, 4) is 0 Å². The summed E-state index contributed by atoms with van der Waals surface area (Å²) in [5, 5.41) is 11.7. The van der Waals surface area contributed by atoms with Crippen molar-refractivity contribution in [1.82, 2.24) is 4.90 Å². The smallest absolute Gasteiger partial charge is 0.410 e. The number of hydrogen-bond acceptors (Lipinski definition) is 9. The van der Waals surface area contributed by atoms with E-state index in [-0.39, 0.29) is 25.5 Å². The first-order valence-corrected chi connectivity index (χ1v) is 16.4. The molecule has 1 amide bonds. The normalized spacial score (nSPS) is 28.4. The van der Waals surface area contributed by atoms with Crippen molar-refractivity contribution in [2.75, 3.05) is 0 Å². The molecule has 3 aliphatic rings. The Hall–Kier alpha value is -4.97. The summed E-state index contributed by atoms with van der Waals surface area (Å²) in [6, 6.07) is 16.4. The predicted octanol–water partition coefficient (Wildman–Crippen LogP) is 7.50. The van der Waals surface area contributed by atoms with E-state index in [9.17, 15) is 20.7 Å². The molecular weight excluding hydrogens is 632 g/mol. The molecule has 9 atom stereocenters. The van der Waals surface area contributed by atoms with Crippen molar-refractivity contribution < 1.29 is 28.5 Å². The zero-order valence-electron chi connectivity index (χ0n) is 27.4. The topological polar surface area (TPSA) is 221 Å². The molecule has 9 unspecified atom stereocenters. The maximum atomic E-state index is 13.9. The van der Waals surface area contributed by atoms with E-state index in [0.29, 0.717) is 12.8 Å². The Balaban J connectivity index is 1.44. The van der Waals surface area contributed by atoms with Crippen LogP contribution in [0.25, 0.3) is 31.3 Å². The van der Waals surface area contributed by atoms with Gasteiger partial charge in [0.15, 0.2) is 6.29 Å². The van der Waals surface area contributed by atoms with Crippen molar-refractivity contribution in [2.45, 2.75) is 108 Å². The van der Waals surface area contributed by atoms with Gasteiger partial charge < -0.3 is 18.9 Å². The Morgan fingerprint density at radius 3 is 2.08 bits per heavy atom. The molecule has 2 aromatic rings. The van der Waals surface area contributed by atoms with Crippen LogP contribution in [0.5, 0.6) is 0 Å². The van der Waals surface area contributed by atoms with E-state index in [1.807, 2.05) is 60.7 Å². The lowest BCUT2D eigenvalue weighted by atomic mass is 9.79. The van der Waals surface area contributed by atoms with Crippen molar-refractivity contribution in [2.24, 2.45) is 27.2 Å². The van der Waals surface area contributed by atoms with Crippen LogP contribution in [0.15, 0.2) is 76.0 Å². The van der Waals surface area contributed by atoms with E-state index in [1.54, 1.807) is 11.8 Å². The Bertz CT molecular complexity index is 1580. The van der Waals surface area contributed by atoms with Crippen LogP contribution < -0.4 is 0 Å². The zero-order chi connectivity index (χ0) is 34.8. The third-order valence-electron chi connectivity index (χ3n) is 9.36.